The summed E-state index contributed by atoms with van der Waals surface area (Å²) in [5, 5.41) is 3.62. The van der Waals surface area contributed by atoms with Gasteiger partial charge in [-0.1, -0.05) is 30.3 Å². The van der Waals surface area contributed by atoms with Gasteiger partial charge < -0.3 is 5.32 Å². The van der Waals surface area contributed by atoms with E-state index in [9.17, 15) is 0 Å². The molecular weight excluding hydrogens is 246 g/mol. The van der Waals surface area contributed by atoms with Gasteiger partial charge >= 0.3 is 0 Å². The molecular formula is C17H21N3. The predicted octanol–water partition coefficient (Wildman–Crippen LogP) is 3.08. The summed E-state index contributed by atoms with van der Waals surface area (Å²) < 4.78 is 0. The average molecular weight is 267 g/mol. The average Bonchev–Trinajstić information content (AvgIpc) is 2.87. The molecule has 0 saturated carbocycles. The fourth-order valence-corrected chi connectivity index (χ4v) is 2.81. The van der Waals surface area contributed by atoms with Gasteiger partial charge in [0.2, 0.25) is 0 Å². The molecule has 1 aromatic heterocycles. The van der Waals surface area contributed by atoms with Crippen LogP contribution < -0.4 is 5.32 Å². The second-order valence-electron chi connectivity index (χ2n) is 5.54. The number of anilines is 1. The van der Waals surface area contributed by atoms with Crippen molar-refractivity contribution in [2.24, 2.45) is 0 Å². The fourth-order valence-electron chi connectivity index (χ4n) is 2.81. The fraction of sp³-hybridized carbons (Fsp3) is 0.353. The topological polar surface area (TPSA) is 28.2 Å². The molecule has 0 spiro atoms. The van der Waals surface area contributed by atoms with E-state index in [4.69, 9.17) is 0 Å². The summed E-state index contributed by atoms with van der Waals surface area (Å²) in [5.41, 5.74) is 3.64. The first kappa shape index (κ1) is 13.1. The molecule has 1 unspecified atom stereocenters. The van der Waals surface area contributed by atoms with Crippen molar-refractivity contribution in [2.45, 2.75) is 25.9 Å². The normalized spacial score (nSPS) is 19.1. The number of pyridine rings is 1. The van der Waals surface area contributed by atoms with Gasteiger partial charge in [0.15, 0.2) is 0 Å². The maximum absolute atomic E-state index is 4.23. The Morgan fingerprint density at radius 1 is 1.25 bits per heavy atom. The number of nitrogens with zero attached hydrogens (tertiary/aromatic N) is 2. The molecule has 2 heterocycles. The van der Waals surface area contributed by atoms with E-state index in [2.05, 4.69) is 51.6 Å². The van der Waals surface area contributed by atoms with Crippen molar-refractivity contribution in [3.63, 3.8) is 0 Å². The quantitative estimate of drug-likeness (QED) is 0.922. The molecule has 3 heteroatoms. The number of likely N-dealkylation sites (tertiary alicyclic amines) is 1. The van der Waals surface area contributed by atoms with Gasteiger partial charge in [0, 0.05) is 43.3 Å². The monoisotopic (exact) mass is 267 g/mol. The molecule has 0 bridgehead atoms. The largest absolute Gasteiger partial charge is 0.381 e. The molecule has 1 atom stereocenters. The zero-order chi connectivity index (χ0) is 13.8. The Labute approximate surface area is 120 Å². The highest BCUT2D eigenvalue weighted by molar-refractivity contribution is 5.44. The maximum Gasteiger partial charge on any atom is 0.0400 e. The van der Waals surface area contributed by atoms with Crippen molar-refractivity contribution in [1.29, 1.82) is 0 Å². The van der Waals surface area contributed by atoms with Crippen LogP contribution in [-0.4, -0.2) is 29.0 Å². The van der Waals surface area contributed by atoms with Gasteiger partial charge in [-0.2, -0.15) is 0 Å². The van der Waals surface area contributed by atoms with Crippen LogP contribution in [0.3, 0.4) is 0 Å². The van der Waals surface area contributed by atoms with Crippen molar-refractivity contribution >= 4 is 5.69 Å². The van der Waals surface area contributed by atoms with Crippen LogP contribution >= 0.6 is 0 Å². The zero-order valence-electron chi connectivity index (χ0n) is 11.9. The van der Waals surface area contributed by atoms with Crippen molar-refractivity contribution in [3.8, 4) is 0 Å². The lowest BCUT2D eigenvalue weighted by Gasteiger charge is -2.17. The van der Waals surface area contributed by atoms with Gasteiger partial charge in [-0.3, -0.25) is 9.88 Å². The lowest BCUT2D eigenvalue weighted by molar-refractivity contribution is 0.328. The summed E-state index contributed by atoms with van der Waals surface area (Å²) in [6, 6.07) is 15.4. The summed E-state index contributed by atoms with van der Waals surface area (Å²) in [4.78, 5) is 6.75. The number of hydrogen-bond acceptors (Lipinski definition) is 3. The lowest BCUT2D eigenvalue weighted by atomic mass is 10.2. The van der Waals surface area contributed by atoms with Crippen LogP contribution in [0.25, 0.3) is 0 Å². The Kier molecular flexibility index (Phi) is 3.97. The van der Waals surface area contributed by atoms with Gasteiger partial charge in [-0.05, 0) is 31.0 Å². The second-order valence-corrected chi connectivity index (χ2v) is 5.54. The van der Waals surface area contributed by atoms with E-state index in [0.717, 1.165) is 25.3 Å². The first-order valence-electron chi connectivity index (χ1n) is 7.25. The third kappa shape index (κ3) is 3.36. The number of hydrogen-bond donors (Lipinski definition) is 1. The number of aryl methyl sites for hydroxylation is 1. The minimum Gasteiger partial charge on any atom is -0.381 e. The summed E-state index contributed by atoms with van der Waals surface area (Å²) in [5.74, 6) is 0. The van der Waals surface area contributed by atoms with E-state index in [0.29, 0.717) is 6.04 Å². The highest BCUT2D eigenvalue weighted by Gasteiger charge is 2.22. The highest BCUT2D eigenvalue weighted by Crippen LogP contribution is 2.18. The maximum atomic E-state index is 4.23. The highest BCUT2D eigenvalue weighted by atomic mass is 15.2. The third-order valence-electron chi connectivity index (χ3n) is 3.79. The Morgan fingerprint density at radius 3 is 2.90 bits per heavy atom. The Balaban J connectivity index is 1.54. The Bertz CT molecular complexity index is 553. The van der Waals surface area contributed by atoms with Crippen molar-refractivity contribution in [2.75, 3.05) is 18.4 Å². The molecule has 3 nitrogen and oxygen atoms in total. The first-order valence-corrected chi connectivity index (χ1v) is 7.25. The van der Waals surface area contributed by atoms with Crippen LogP contribution in [0, 0.1) is 6.92 Å². The number of benzene rings is 1. The van der Waals surface area contributed by atoms with Gasteiger partial charge in [-0.15, -0.1) is 0 Å². The van der Waals surface area contributed by atoms with Crippen LogP contribution in [-0.2, 0) is 6.54 Å². The van der Waals surface area contributed by atoms with Crippen LogP contribution in [0.15, 0.2) is 48.7 Å². The van der Waals surface area contributed by atoms with Crippen molar-refractivity contribution in [3.05, 3.63) is 59.9 Å². The van der Waals surface area contributed by atoms with Crippen molar-refractivity contribution in [1.82, 2.24) is 9.88 Å². The number of nitrogens with one attached hydrogen (secondary N) is 1. The molecule has 1 aliphatic heterocycles. The molecule has 0 radical (unpaired) electrons. The predicted molar refractivity (Wildman–Crippen MR) is 82.7 cm³/mol. The molecule has 3 rings (SSSR count). The third-order valence-corrected chi connectivity index (χ3v) is 3.79. The minimum atomic E-state index is 0.542. The molecule has 1 aromatic carbocycles. The van der Waals surface area contributed by atoms with E-state index in [1.54, 1.807) is 0 Å². The van der Waals surface area contributed by atoms with Gasteiger partial charge in [0.1, 0.15) is 0 Å². The summed E-state index contributed by atoms with van der Waals surface area (Å²) in [6.45, 7) is 5.35. The molecule has 2 aromatic rings. The number of rotatable bonds is 4. The molecule has 0 aliphatic carbocycles. The minimum absolute atomic E-state index is 0.542. The zero-order valence-corrected chi connectivity index (χ0v) is 11.9. The molecule has 1 fully saturated rings. The van der Waals surface area contributed by atoms with Crippen LogP contribution in [0.5, 0.6) is 0 Å². The van der Waals surface area contributed by atoms with Gasteiger partial charge in [0.25, 0.3) is 0 Å². The van der Waals surface area contributed by atoms with Crippen LogP contribution in [0.1, 0.15) is 17.7 Å². The molecule has 1 N–H and O–H groups in total. The van der Waals surface area contributed by atoms with Gasteiger partial charge in [0.05, 0.1) is 0 Å². The summed E-state index contributed by atoms with van der Waals surface area (Å²) in [7, 11) is 0. The van der Waals surface area contributed by atoms with E-state index in [-0.39, 0.29) is 0 Å². The van der Waals surface area contributed by atoms with Gasteiger partial charge in [-0.25, -0.2) is 0 Å². The molecule has 104 valence electrons. The first-order chi connectivity index (χ1) is 9.79. The Morgan fingerprint density at radius 2 is 2.10 bits per heavy atom. The lowest BCUT2D eigenvalue weighted by Crippen LogP contribution is -2.26. The van der Waals surface area contributed by atoms with Crippen molar-refractivity contribution < 1.29 is 0 Å². The number of aromatic nitrogens is 1. The molecule has 0 amide bonds. The standard InChI is InChI=1S/C17H21N3/c1-14-11-16(7-9-18-14)19-17-8-10-20(13-17)12-15-5-3-2-4-6-15/h2-7,9,11,17H,8,10,12-13H2,1H3,(H,18,19). The van der Waals surface area contributed by atoms with E-state index in [1.807, 2.05) is 19.2 Å². The molecule has 1 aliphatic rings. The van der Waals surface area contributed by atoms with Crippen LogP contribution in [0.4, 0.5) is 5.69 Å². The van der Waals surface area contributed by atoms with E-state index >= 15 is 0 Å². The summed E-state index contributed by atoms with van der Waals surface area (Å²) in [6.07, 6.45) is 3.07. The smallest absolute Gasteiger partial charge is 0.0400 e. The molecule has 1 saturated heterocycles. The second kappa shape index (κ2) is 6.06. The molecule has 20 heavy (non-hydrogen) atoms. The Hall–Kier alpha value is -1.87. The van der Waals surface area contributed by atoms with Crippen LogP contribution in [0.2, 0.25) is 0 Å². The summed E-state index contributed by atoms with van der Waals surface area (Å²) >= 11 is 0. The SMILES string of the molecule is Cc1cc(NC2CCN(Cc3ccccc3)C2)ccn1. The van der Waals surface area contributed by atoms with E-state index < -0.39 is 0 Å². The van der Waals surface area contributed by atoms with E-state index in [1.165, 1.54) is 17.7 Å².